The van der Waals surface area contributed by atoms with E-state index < -0.39 is 18.3 Å². The first kappa shape index (κ1) is 14.0. The lowest BCUT2D eigenvalue weighted by Gasteiger charge is -2.33. The van der Waals surface area contributed by atoms with Gasteiger partial charge in [-0.05, 0) is 33.6 Å². The van der Waals surface area contributed by atoms with Gasteiger partial charge in [0.1, 0.15) is 15.8 Å². The summed E-state index contributed by atoms with van der Waals surface area (Å²) in [5, 5.41) is 5.58. The van der Waals surface area contributed by atoms with Crippen LogP contribution >= 0.6 is 27.5 Å². The predicted octanol–water partition coefficient (Wildman–Crippen LogP) is 2.66. The monoisotopic (exact) mass is 343 g/mol. The quantitative estimate of drug-likeness (QED) is 0.769. The highest BCUT2D eigenvalue weighted by molar-refractivity contribution is 9.10. The van der Waals surface area contributed by atoms with E-state index in [-0.39, 0.29) is 11.7 Å². The van der Waals surface area contributed by atoms with Gasteiger partial charge in [0.25, 0.3) is 0 Å². The zero-order valence-electron chi connectivity index (χ0n) is 9.06. The molecule has 1 aromatic rings. The van der Waals surface area contributed by atoms with Crippen molar-refractivity contribution in [3.05, 3.63) is 27.5 Å². The van der Waals surface area contributed by atoms with Crippen LogP contribution in [0, 0.1) is 0 Å². The Morgan fingerprint density at radius 1 is 1.33 bits per heavy atom. The smallest absolute Gasteiger partial charge is 0.313 e. The van der Waals surface area contributed by atoms with Crippen molar-refractivity contribution >= 4 is 27.5 Å². The summed E-state index contributed by atoms with van der Waals surface area (Å²) in [6, 6.07) is 1.22. The average Bonchev–Trinajstić information content (AvgIpc) is 2.27. The van der Waals surface area contributed by atoms with Crippen molar-refractivity contribution in [3.63, 3.8) is 0 Å². The van der Waals surface area contributed by atoms with Gasteiger partial charge >= 0.3 is 6.18 Å². The summed E-state index contributed by atoms with van der Waals surface area (Å²) < 4.78 is 38.4. The molecule has 1 aromatic heterocycles. The van der Waals surface area contributed by atoms with Crippen molar-refractivity contribution in [2.24, 2.45) is 0 Å². The zero-order chi connectivity index (χ0) is 13.3. The van der Waals surface area contributed by atoms with Crippen LogP contribution in [-0.2, 0) is 0 Å². The van der Waals surface area contributed by atoms with Crippen molar-refractivity contribution in [3.8, 4) is 0 Å². The molecule has 0 aliphatic carbocycles. The minimum absolute atomic E-state index is 0.125. The summed E-state index contributed by atoms with van der Waals surface area (Å²) in [5.74, 6) is 0. The van der Waals surface area contributed by atoms with Crippen molar-refractivity contribution in [2.75, 3.05) is 13.1 Å². The Morgan fingerprint density at radius 2 is 2.06 bits per heavy atom. The van der Waals surface area contributed by atoms with Crippen molar-refractivity contribution < 1.29 is 13.2 Å². The van der Waals surface area contributed by atoms with Crippen molar-refractivity contribution in [2.45, 2.75) is 18.3 Å². The molecule has 2 heterocycles. The summed E-state index contributed by atoms with van der Waals surface area (Å²) in [7, 11) is 0. The predicted molar refractivity (Wildman–Crippen MR) is 65.5 cm³/mol. The molecule has 1 fully saturated rings. The molecule has 1 saturated heterocycles. The number of aromatic nitrogens is 1. The number of pyridine rings is 1. The maximum absolute atomic E-state index is 12.6. The van der Waals surface area contributed by atoms with Crippen molar-refractivity contribution in [1.82, 2.24) is 15.6 Å². The van der Waals surface area contributed by atoms with E-state index in [1.54, 1.807) is 12.1 Å². The molecule has 2 atom stereocenters. The fraction of sp³-hybridized carbons (Fsp3) is 0.500. The van der Waals surface area contributed by atoms with Gasteiger partial charge < -0.3 is 5.32 Å². The Balaban J connectivity index is 2.18. The van der Waals surface area contributed by atoms with E-state index in [1.165, 1.54) is 0 Å². The third-order valence-electron chi connectivity index (χ3n) is 2.68. The van der Waals surface area contributed by atoms with Gasteiger partial charge in [0.2, 0.25) is 0 Å². The number of piperazine rings is 1. The summed E-state index contributed by atoms with van der Waals surface area (Å²) in [5.41, 5.74) is 0.670. The van der Waals surface area contributed by atoms with Crippen LogP contribution in [0.1, 0.15) is 11.6 Å². The lowest BCUT2D eigenvalue weighted by atomic mass is 10.0. The normalized spacial score (nSPS) is 25.2. The standard InChI is InChI=1S/C10H10BrClF3N3/c11-8-1-5(2-9(12)18-8)6-3-16-4-7(17-6)10(13,14)15/h1-2,6-7,16-17H,3-4H2/t6?,7-/m1/s1. The first-order chi connectivity index (χ1) is 8.36. The second kappa shape index (κ2) is 5.32. The molecule has 0 spiro atoms. The van der Waals surface area contributed by atoms with Crippen LogP contribution in [0.4, 0.5) is 13.2 Å². The number of nitrogens with one attached hydrogen (secondary N) is 2. The van der Waals surface area contributed by atoms with Gasteiger partial charge in [-0.2, -0.15) is 13.2 Å². The SMILES string of the molecule is FC(F)(F)[C@H]1CNCC(c2cc(Cl)nc(Br)c2)N1. The highest BCUT2D eigenvalue weighted by Gasteiger charge is 2.42. The third-order valence-corrected chi connectivity index (χ3v) is 3.28. The van der Waals surface area contributed by atoms with E-state index in [9.17, 15) is 13.2 Å². The van der Waals surface area contributed by atoms with Gasteiger partial charge in [-0.25, -0.2) is 4.98 Å². The number of halogens is 5. The molecular formula is C10H10BrClF3N3. The number of nitrogens with zero attached hydrogens (tertiary/aromatic N) is 1. The molecule has 18 heavy (non-hydrogen) atoms. The first-order valence-corrected chi connectivity index (χ1v) is 6.40. The summed E-state index contributed by atoms with van der Waals surface area (Å²) in [4.78, 5) is 3.91. The Bertz CT molecular complexity index is 421. The molecule has 0 saturated carbocycles. The van der Waals surface area contributed by atoms with Crippen LogP contribution in [0.3, 0.4) is 0 Å². The van der Waals surface area contributed by atoms with E-state index in [2.05, 4.69) is 31.5 Å². The molecule has 1 aliphatic heterocycles. The molecule has 2 rings (SSSR count). The van der Waals surface area contributed by atoms with Gasteiger partial charge in [0, 0.05) is 19.1 Å². The molecule has 0 amide bonds. The maximum atomic E-state index is 12.6. The Kier molecular flexibility index (Phi) is 4.15. The topological polar surface area (TPSA) is 37.0 Å². The Morgan fingerprint density at radius 3 is 2.67 bits per heavy atom. The maximum Gasteiger partial charge on any atom is 0.405 e. The number of rotatable bonds is 1. The minimum atomic E-state index is -4.26. The van der Waals surface area contributed by atoms with Gasteiger partial charge in [-0.3, -0.25) is 5.32 Å². The molecule has 3 nitrogen and oxygen atoms in total. The minimum Gasteiger partial charge on any atom is -0.313 e. The average molecular weight is 345 g/mol. The van der Waals surface area contributed by atoms with Gasteiger partial charge in [0.05, 0.1) is 0 Å². The van der Waals surface area contributed by atoms with Crippen LogP contribution in [0.5, 0.6) is 0 Å². The van der Waals surface area contributed by atoms with E-state index in [4.69, 9.17) is 11.6 Å². The number of alkyl halides is 3. The van der Waals surface area contributed by atoms with Crippen LogP contribution in [-0.4, -0.2) is 30.3 Å². The highest BCUT2D eigenvalue weighted by Crippen LogP contribution is 2.27. The van der Waals surface area contributed by atoms with Gasteiger partial charge in [-0.15, -0.1) is 0 Å². The molecular weight excluding hydrogens is 334 g/mol. The molecule has 2 N–H and O–H groups in total. The number of hydrogen-bond donors (Lipinski definition) is 2. The fourth-order valence-electron chi connectivity index (χ4n) is 1.84. The highest BCUT2D eigenvalue weighted by atomic mass is 79.9. The summed E-state index contributed by atoms with van der Waals surface area (Å²) in [6.07, 6.45) is -4.26. The van der Waals surface area contributed by atoms with E-state index >= 15 is 0 Å². The first-order valence-electron chi connectivity index (χ1n) is 5.23. The molecule has 0 radical (unpaired) electrons. The lowest BCUT2D eigenvalue weighted by molar-refractivity contribution is -0.160. The Hall–Kier alpha value is -0.370. The largest absolute Gasteiger partial charge is 0.405 e. The second-order valence-electron chi connectivity index (χ2n) is 4.02. The molecule has 8 heteroatoms. The van der Waals surface area contributed by atoms with E-state index in [1.807, 2.05) is 0 Å². The fourth-order valence-corrected chi connectivity index (χ4v) is 2.62. The van der Waals surface area contributed by atoms with Crippen LogP contribution < -0.4 is 10.6 Å². The summed E-state index contributed by atoms with van der Waals surface area (Å²) in [6.45, 7) is 0.291. The second-order valence-corrected chi connectivity index (χ2v) is 5.22. The Labute approximate surface area is 115 Å². The van der Waals surface area contributed by atoms with Gasteiger partial charge in [0.15, 0.2) is 0 Å². The zero-order valence-corrected chi connectivity index (χ0v) is 11.4. The summed E-state index contributed by atoms with van der Waals surface area (Å²) >= 11 is 8.95. The molecule has 1 unspecified atom stereocenters. The van der Waals surface area contributed by atoms with Gasteiger partial charge in [-0.1, -0.05) is 11.6 Å². The van der Waals surface area contributed by atoms with E-state index in [0.717, 1.165) is 0 Å². The number of hydrogen-bond acceptors (Lipinski definition) is 3. The molecule has 100 valence electrons. The van der Waals surface area contributed by atoms with Crippen LogP contribution in [0.2, 0.25) is 5.15 Å². The molecule has 1 aliphatic rings. The van der Waals surface area contributed by atoms with Crippen LogP contribution in [0.25, 0.3) is 0 Å². The van der Waals surface area contributed by atoms with Crippen LogP contribution in [0.15, 0.2) is 16.7 Å². The third kappa shape index (κ3) is 3.34. The lowest BCUT2D eigenvalue weighted by Crippen LogP contribution is -2.56. The van der Waals surface area contributed by atoms with Crippen molar-refractivity contribution in [1.29, 1.82) is 0 Å². The molecule has 0 bridgehead atoms. The molecule has 0 aromatic carbocycles. The van der Waals surface area contributed by atoms with E-state index in [0.29, 0.717) is 16.7 Å².